The second-order valence-electron chi connectivity index (χ2n) is 5.21. The normalized spacial score (nSPS) is 12.7. The van der Waals surface area contributed by atoms with Crippen molar-refractivity contribution in [1.29, 1.82) is 0 Å². The summed E-state index contributed by atoms with van der Waals surface area (Å²) in [6.45, 7) is 6.25. The fraction of sp³-hybridized carbons (Fsp3) is 0.500. The molecule has 0 aliphatic rings. The van der Waals surface area contributed by atoms with Gasteiger partial charge < -0.3 is 14.8 Å². The van der Waals surface area contributed by atoms with Gasteiger partial charge in [0, 0.05) is 0 Å². The lowest BCUT2D eigenvalue weighted by atomic mass is 9.76. The molecular weight excluding hydrogens is 241 g/mol. The Labute approximate surface area is 106 Å². The molecule has 100 valence electrons. The van der Waals surface area contributed by atoms with Gasteiger partial charge in [0.05, 0.1) is 11.2 Å². The van der Waals surface area contributed by atoms with E-state index in [9.17, 15) is 18.9 Å². The van der Waals surface area contributed by atoms with Crippen molar-refractivity contribution in [2.24, 2.45) is 0 Å². The largest absolute Gasteiger partial charge is 0.491 e. The molecule has 0 saturated heterocycles. The highest BCUT2D eigenvalue weighted by Gasteiger charge is 2.39. The van der Waals surface area contributed by atoms with Crippen LogP contribution in [0.3, 0.4) is 0 Å². The first-order chi connectivity index (χ1) is 8.04. The van der Waals surface area contributed by atoms with Gasteiger partial charge in [0.2, 0.25) is 0 Å². The van der Waals surface area contributed by atoms with E-state index in [2.05, 4.69) is 0 Å². The standard InChI is InChI=1S/C12H17BF2O3/c1-11(2,16)12(3,4)18-13(17)8-5-6-9(14)10(15)7-8/h5-7,16-17H,1-4H3. The van der Waals surface area contributed by atoms with Crippen LogP contribution in [0.1, 0.15) is 27.7 Å². The van der Waals surface area contributed by atoms with E-state index in [1.807, 2.05) is 0 Å². The quantitative estimate of drug-likeness (QED) is 0.798. The molecule has 0 radical (unpaired) electrons. The van der Waals surface area contributed by atoms with Gasteiger partial charge in [-0.3, -0.25) is 0 Å². The van der Waals surface area contributed by atoms with Crippen LogP contribution in [0.25, 0.3) is 0 Å². The Balaban J connectivity index is 2.89. The molecule has 0 saturated carbocycles. The van der Waals surface area contributed by atoms with Gasteiger partial charge in [-0.15, -0.1) is 0 Å². The van der Waals surface area contributed by atoms with Crippen LogP contribution in [0.4, 0.5) is 8.78 Å². The third-order valence-corrected chi connectivity index (χ3v) is 3.11. The fourth-order valence-corrected chi connectivity index (χ4v) is 1.16. The second-order valence-corrected chi connectivity index (χ2v) is 5.21. The lowest BCUT2D eigenvalue weighted by molar-refractivity contribution is -0.0982. The summed E-state index contributed by atoms with van der Waals surface area (Å²) in [7, 11) is -1.44. The molecule has 0 spiro atoms. The summed E-state index contributed by atoms with van der Waals surface area (Å²) in [6, 6.07) is 3.00. The first-order valence-electron chi connectivity index (χ1n) is 5.58. The zero-order valence-electron chi connectivity index (χ0n) is 10.9. The third kappa shape index (κ3) is 3.28. The summed E-state index contributed by atoms with van der Waals surface area (Å²) >= 11 is 0. The first-order valence-corrected chi connectivity index (χ1v) is 5.58. The van der Waals surface area contributed by atoms with Crippen LogP contribution in [0.5, 0.6) is 0 Å². The van der Waals surface area contributed by atoms with Crippen LogP contribution < -0.4 is 5.46 Å². The molecule has 0 aliphatic heterocycles. The van der Waals surface area contributed by atoms with Crippen LogP contribution >= 0.6 is 0 Å². The van der Waals surface area contributed by atoms with Crippen molar-refractivity contribution in [3.8, 4) is 0 Å². The third-order valence-electron chi connectivity index (χ3n) is 3.11. The molecule has 0 amide bonds. The molecule has 18 heavy (non-hydrogen) atoms. The van der Waals surface area contributed by atoms with Crippen LogP contribution in [0.2, 0.25) is 0 Å². The highest BCUT2D eigenvalue weighted by Crippen LogP contribution is 2.25. The topological polar surface area (TPSA) is 49.7 Å². The number of aliphatic hydroxyl groups is 1. The zero-order valence-corrected chi connectivity index (χ0v) is 10.9. The molecule has 0 heterocycles. The first kappa shape index (κ1) is 15.1. The Kier molecular flexibility index (Phi) is 4.15. The fourth-order valence-electron chi connectivity index (χ4n) is 1.16. The highest BCUT2D eigenvalue weighted by molar-refractivity contribution is 6.60. The average Bonchev–Trinajstić information content (AvgIpc) is 2.19. The van der Waals surface area contributed by atoms with Crippen molar-refractivity contribution in [3.63, 3.8) is 0 Å². The minimum atomic E-state index is -1.44. The summed E-state index contributed by atoms with van der Waals surface area (Å²) in [5.41, 5.74) is -2.17. The summed E-state index contributed by atoms with van der Waals surface area (Å²) in [5.74, 6) is -2.05. The number of hydrogen-bond acceptors (Lipinski definition) is 3. The smallest absolute Gasteiger partial charge is 0.423 e. The predicted octanol–water partition coefficient (Wildman–Crippen LogP) is 1.22. The second kappa shape index (κ2) is 4.95. The van der Waals surface area contributed by atoms with Crippen molar-refractivity contribution in [3.05, 3.63) is 29.8 Å². The Morgan fingerprint density at radius 3 is 2.11 bits per heavy atom. The van der Waals surface area contributed by atoms with E-state index in [0.29, 0.717) is 0 Å². The number of rotatable bonds is 4. The predicted molar refractivity (Wildman–Crippen MR) is 65.4 cm³/mol. The molecule has 1 aromatic rings. The van der Waals surface area contributed by atoms with Crippen molar-refractivity contribution >= 4 is 12.6 Å². The number of halogens is 2. The minimum absolute atomic E-state index is 0.0891. The molecule has 0 unspecified atom stereocenters. The van der Waals surface area contributed by atoms with Crippen LogP contribution in [0.15, 0.2) is 18.2 Å². The van der Waals surface area contributed by atoms with Gasteiger partial charge >= 0.3 is 7.12 Å². The lowest BCUT2D eigenvalue weighted by Gasteiger charge is -2.38. The Morgan fingerprint density at radius 2 is 1.67 bits per heavy atom. The van der Waals surface area contributed by atoms with Crippen molar-refractivity contribution in [2.45, 2.75) is 38.9 Å². The van der Waals surface area contributed by atoms with Gasteiger partial charge in [-0.05, 0) is 45.3 Å². The Morgan fingerprint density at radius 1 is 1.11 bits per heavy atom. The van der Waals surface area contributed by atoms with Gasteiger partial charge in [0.1, 0.15) is 0 Å². The van der Waals surface area contributed by atoms with E-state index in [0.717, 1.165) is 12.1 Å². The molecular formula is C12H17BF2O3. The van der Waals surface area contributed by atoms with Gasteiger partial charge in [0.25, 0.3) is 0 Å². The summed E-state index contributed by atoms with van der Waals surface area (Å²) in [6.07, 6.45) is 0. The molecule has 0 atom stereocenters. The Bertz CT molecular complexity index is 430. The molecule has 1 aromatic carbocycles. The van der Waals surface area contributed by atoms with Crippen molar-refractivity contribution < 1.29 is 23.6 Å². The van der Waals surface area contributed by atoms with Gasteiger partial charge in [0.15, 0.2) is 11.6 Å². The van der Waals surface area contributed by atoms with Crippen molar-refractivity contribution in [1.82, 2.24) is 0 Å². The van der Waals surface area contributed by atoms with Gasteiger partial charge in [-0.25, -0.2) is 8.78 Å². The molecule has 1 rings (SSSR count). The lowest BCUT2D eigenvalue weighted by Crippen LogP contribution is -2.53. The molecule has 0 aromatic heterocycles. The molecule has 0 fully saturated rings. The van der Waals surface area contributed by atoms with E-state index >= 15 is 0 Å². The maximum atomic E-state index is 13.0. The molecule has 3 nitrogen and oxygen atoms in total. The Hall–Kier alpha value is -0.975. The highest BCUT2D eigenvalue weighted by atomic mass is 19.2. The van der Waals surface area contributed by atoms with Crippen LogP contribution in [-0.4, -0.2) is 28.5 Å². The maximum Gasteiger partial charge on any atom is 0.491 e. The summed E-state index contributed by atoms with van der Waals surface area (Å²) in [4.78, 5) is 0. The number of benzene rings is 1. The maximum absolute atomic E-state index is 13.0. The zero-order chi connectivity index (χ0) is 14.1. The van der Waals surface area contributed by atoms with Crippen LogP contribution in [0, 0.1) is 11.6 Å². The molecule has 0 aliphatic carbocycles. The van der Waals surface area contributed by atoms with Crippen molar-refractivity contribution in [2.75, 3.05) is 0 Å². The van der Waals surface area contributed by atoms with E-state index in [1.54, 1.807) is 13.8 Å². The van der Waals surface area contributed by atoms with E-state index in [4.69, 9.17) is 4.65 Å². The van der Waals surface area contributed by atoms with Crippen LogP contribution in [-0.2, 0) is 4.65 Å². The van der Waals surface area contributed by atoms with E-state index in [-0.39, 0.29) is 5.46 Å². The summed E-state index contributed by atoms with van der Waals surface area (Å²) in [5, 5.41) is 19.7. The molecule has 2 N–H and O–H groups in total. The van der Waals surface area contributed by atoms with Gasteiger partial charge in [-0.1, -0.05) is 6.07 Å². The van der Waals surface area contributed by atoms with E-state index in [1.165, 1.54) is 19.9 Å². The average molecular weight is 258 g/mol. The monoisotopic (exact) mass is 258 g/mol. The SMILES string of the molecule is CC(C)(O)C(C)(C)OB(O)c1ccc(F)c(F)c1. The molecule has 0 bridgehead atoms. The molecule has 6 heteroatoms. The van der Waals surface area contributed by atoms with Gasteiger partial charge in [-0.2, -0.15) is 0 Å². The summed E-state index contributed by atoms with van der Waals surface area (Å²) < 4.78 is 31.1. The number of hydrogen-bond donors (Lipinski definition) is 2. The van der Waals surface area contributed by atoms with E-state index < -0.39 is 30.0 Å². The minimum Gasteiger partial charge on any atom is -0.423 e.